The van der Waals surface area contributed by atoms with Gasteiger partial charge in [0.25, 0.3) is 0 Å². The molecule has 1 unspecified atom stereocenters. The number of rotatable bonds is 3. The molecule has 0 spiro atoms. The Morgan fingerprint density at radius 3 is 2.37 bits per heavy atom. The van der Waals surface area contributed by atoms with E-state index in [1.165, 1.54) is 37.7 Å². The van der Waals surface area contributed by atoms with Crippen molar-refractivity contribution in [2.75, 3.05) is 7.05 Å². The molecule has 1 N–H and O–H groups in total. The monoisotopic (exact) mass is 259 g/mol. The first-order chi connectivity index (χ1) is 9.24. The molecular formula is C16H25N3. The van der Waals surface area contributed by atoms with Crippen molar-refractivity contribution in [2.24, 2.45) is 23.7 Å². The van der Waals surface area contributed by atoms with Crippen molar-refractivity contribution in [3.63, 3.8) is 0 Å². The van der Waals surface area contributed by atoms with Crippen molar-refractivity contribution in [3.8, 4) is 0 Å². The van der Waals surface area contributed by atoms with Gasteiger partial charge in [0.1, 0.15) is 0 Å². The average molecular weight is 259 g/mol. The van der Waals surface area contributed by atoms with Gasteiger partial charge in [-0.1, -0.05) is 0 Å². The fourth-order valence-electron chi connectivity index (χ4n) is 5.23. The minimum Gasteiger partial charge on any atom is -0.313 e. The summed E-state index contributed by atoms with van der Waals surface area (Å²) < 4.78 is 2.32. The number of hydrogen-bond acceptors (Lipinski definition) is 2. The fourth-order valence-corrected chi connectivity index (χ4v) is 5.23. The lowest BCUT2D eigenvalue weighted by molar-refractivity contribution is -0.0336. The van der Waals surface area contributed by atoms with E-state index >= 15 is 0 Å². The van der Waals surface area contributed by atoms with E-state index in [1.54, 1.807) is 0 Å². The third-order valence-corrected chi connectivity index (χ3v) is 6.04. The Morgan fingerprint density at radius 1 is 1.16 bits per heavy atom. The quantitative estimate of drug-likeness (QED) is 0.903. The van der Waals surface area contributed by atoms with E-state index in [2.05, 4.69) is 29.3 Å². The second-order valence-corrected chi connectivity index (χ2v) is 7.19. The van der Waals surface area contributed by atoms with E-state index < -0.39 is 0 Å². The van der Waals surface area contributed by atoms with E-state index in [9.17, 15) is 0 Å². The first-order valence-electron chi connectivity index (χ1n) is 7.96. The van der Waals surface area contributed by atoms with Crippen LogP contribution in [0.15, 0.2) is 12.4 Å². The lowest BCUT2D eigenvalue weighted by Crippen LogP contribution is -2.46. The summed E-state index contributed by atoms with van der Waals surface area (Å²) in [5.74, 6) is 3.91. The van der Waals surface area contributed by atoms with E-state index in [4.69, 9.17) is 5.10 Å². The van der Waals surface area contributed by atoms with Gasteiger partial charge in [0.15, 0.2) is 0 Å². The van der Waals surface area contributed by atoms with Crippen LogP contribution in [0.5, 0.6) is 0 Å². The zero-order valence-corrected chi connectivity index (χ0v) is 12.0. The van der Waals surface area contributed by atoms with Gasteiger partial charge in [0.05, 0.1) is 12.2 Å². The third kappa shape index (κ3) is 1.85. The molecule has 1 aromatic rings. The van der Waals surface area contributed by atoms with E-state index in [1.807, 2.05) is 7.05 Å². The molecule has 0 aromatic carbocycles. The lowest BCUT2D eigenvalue weighted by Gasteiger charge is -2.54. The van der Waals surface area contributed by atoms with E-state index in [0.29, 0.717) is 12.1 Å². The van der Waals surface area contributed by atoms with Crippen LogP contribution >= 0.6 is 0 Å². The fraction of sp³-hybridized carbons (Fsp3) is 0.812. The molecule has 4 bridgehead atoms. The number of nitrogens with one attached hydrogen (secondary N) is 1. The summed E-state index contributed by atoms with van der Waals surface area (Å²) in [5.41, 5.74) is 1.33. The summed E-state index contributed by atoms with van der Waals surface area (Å²) in [6.07, 6.45) is 11.8. The highest BCUT2D eigenvalue weighted by molar-refractivity contribution is 5.11. The molecule has 5 rings (SSSR count). The Bertz CT molecular complexity index is 436. The number of nitrogens with zero attached hydrogens (tertiary/aromatic N) is 2. The normalized spacial score (nSPS) is 41.7. The summed E-state index contributed by atoms with van der Waals surface area (Å²) in [6, 6.07) is 1.11. The van der Waals surface area contributed by atoms with Gasteiger partial charge >= 0.3 is 0 Å². The van der Waals surface area contributed by atoms with E-state index in [-0.39, 0.29) is 0 Å². The Morgan fingerprint density at radius 2 is 1.79 bits per heavy atom. The molecule has 0 aliphatic heterocycles. The maximum Gasteiger partial charge on any atom is 0.0576 e. The first-order valence-corrected chi connectivity index (χ1v) is 7.96. The summed E-state index contributed by atoms with van der Waals surface area (Å²) in [4.78, 5) is 0. The molecule has 0 radical (unpaired) electrons. The van der Waals surface area contributed by atoms with Crippen LogP contribution < -0.4 is 5.32 Å². The van der Waals surface area contributed by atoms with Crippen LogP contribution in [0.3, 0.4) is 0 Å². The molecule has 3 heteroatoms. The molecule has 104 valence electrons. The van der Waals surface area contributed by atoms with Crippen LogP contribution in [0.1, 0.15) is 56.7 Å². The molecule has 19 heavy (non-hydrogen) atoms. The maximum absolute atomic E-state index is 4.71. The van der Waals surface area contributed by atoms with Crippen molar-refractivity contribution < 1.29 is 0 Å². The zero-order chi connectivity index (χ0) is 13.0. The van der Waals surface area contributed by atoms with Crippen LogP contribution in [0.25, 0.3) is 0 Å². The van der Waals surface area contributed by atoms with Gasteiger partial charge in [-0.15, -0.1) is 0 Å². The Kier molecular flexibility index (Phi) is 2.73. The number of hydrogen-bond donors (Lipinski definition) is 1. The summed E-state index contributed by atoms with van der Waals surface area (Å²) in [6.45, 7) is 2.21. The number of aromatic nitrogens is 2. The van der Waals surface area contributed by atoms with Gasteiger partial charge in [-0.25, -0.2) is 0 Å². The topological polar surface area (TPSA) is 29.9 Å². The highest BCUT2D eigenvalue weighted by atomic mass is 15.3. The van der Waals surface area contributed by atoms with Gasteiger partial charge in [-0.2, -0.15) is 5.10 Å². The minimum atomic E-state index is 0.408. The molecule has 0 amide bonds. The summed E-state index contributed by atoms with van der Waals surface area (Å²) in [5, 5.41) is 8.02. The molecule has 3 nitrogen and oxygen atoms in total. The standard InChI is InChI=1S/C16H25N3/c1-10(17-2)15-8-18-19(9-15)16-13-4-11-3-12(6-13)7-14(16)5-11/h8-14,16-17H,3-7H2,1-2H3. The molecule has 1 heterocycles. The molecule has 1 atom stereocenters. The van der Waals surface area contributed by atoms with Crippen molar-refractivity contribution >= 4 is 0 Å². The minimum absolute atomic E-state index is 0.408. The van der Waals surface area contributed by atoms with Crippen molar-refractivity contribution in [3.05, 3.63) is 18.0 Å². The molecule has 4 saturated carbocycles. The maximum atomic E-state index is 4.71. The molecule has 4 aliphatic rings. The van der Waals surface area contributed by atoms with Gasteiger partial charge in [0.2, 0.25) is 0 Å². The summed E-state index contributed by atoms with van der Waals surface area (Å²) >= 11 is 0. The van der Waals surface area contributed by atoms with Crippen LogP contribution in [0, 0.1) is 23.7 Å². The highest BCUT2D eigenvalue weighted by Gasteiger charge is 2.49. The Labute approximate surface area is 115 Å². The Hall–Kier alpha value is -0.830. The first kappa shape index (κ1) is 12.0. The van der Waals surface area contributed by atoms with Crippen LogP contribution in [-0.4, -0.2) is 16.8 Å². The zero-order valence-electron chi connectivity index (χ0n) is 12.0. The molecule has 1 aromatic heterocycles. The lowest BCUT2D eigenvalue weighted by atomic mass is 9.54. The van der Waals surface area contributed by atoms with Gasteiger partial charge in [0, 0.05) is 17.8 Å². The van der Waals surface area contributed by atoms with Gasteiger partial charge in [-0.05, 0) is 69.7 Å². The molecule has 0 saturated heterocycles. The van der Waals surface area contributed by atoms with Crippen LogP contribution in [-0.2, 0) is 0 Å². The van der Waals surface area contributed by atoms with Crippen LogP contribution in [0.2, 0.25) is 0 Å². The summed E-state index contributed by atoms with van der Waals surface area (Å²) in [7, 11) is 2.02. The van der Waals surface area contributed by atoms with Crippen LogP contribution in [0.4, 0.5) is 0 Å². The largest absolute Gasteiger partial charge is 0.313 e. The van der Waals surface area contributed by atoms with Gasteiger partial charge < -0.3 is 5.32 Å². The predicted molar refractivity (Wildman–Crippen MR) is 75.8 cm³/mol. The molecular weight excluding hydrogens is 234 g/mol. The SMILES string of the molecule is CNC(C)c1cnn(C2C3CC4CC(C3)CC2C4)c1. The predicted octanol–water partition coefficient (Wildman–Crippen LogP) is 3.16. The molecule has 4 fully saturated rings. The average Bonchev–Trinajstić information content (AvgIpc) is 2.86. The second-order valence-electron chi connectivity index (χ2n) is 7.19. The Balaban J connectivity index is 1.60. The van der Waals surface area contributed by atoms with Crippen molar-refractivity contribution in [1.29, 1.82) is 0 Å². The van der Waals surface area contributed by atoms with E-state index in [0.717, 1.165) is 23.7 Å². The van der Waals surface area contributed by atoms with Crippen molar-refractivity contribution in [1.82, 2.24) is 15.1 Å². The highest BCUT2D eigenvalue weighted by Crippen LogP contribution is 2.58. The smallest absolute Gasteiger partial charge is 0.0576 e. The van der Waals surface area contributed by atoms with Gasteiger partial charge in [-0.3, -0.25) is 4.68 Å². The third-order valence-electron chi connectivity index (χ3n) is 6.04. The second kappa shape index (κ2) is 4.34. The van der Waals surface area contributed by atoms with Crippen molar-refractivity contribution in [2.45, 2.75) is 51.1 Å². The molecule has 4 aliphatic carbocycles.